The summed E-state index contributed by atoms with van der Waals surface area (Å²) in [5.41, 5.74) is 2.65. The smallest absolute Gasteiger partial charge is 0.236 e. The molecule has 0 spiro atoms. The molecule has 0 N–H and O–H groups in total. The number of likely N-dealkylation sites (tertiary alicyclic amines) is 1. The minimum atomic E-state index is 0.259. The minimum Gasteiger partial charge on any atom is -0.342 e. The van der Waals surface area contributed by atoms with Crippen LogP contribution in [0, 0.1) is 6.92 Å². The average Bonchev–Trinajstić information content (AvgIpc) is 2.88. The highest BCUT2D eigenvalue weighted by Gasteiger charge is 2.28. The van der Waals surface area contributed by atoms with Crippen molar-refractivity contribution in [1.29, 1.82) is 0 Å². The van der Waals surface area contributed by atoms with E-state index >= 15 is 0 Å². The first-order valence-corrected chi connectivity index (χ1v) is 7.74. The van der Waals surface area contributed by atoms with E-state index in [0.29, 0.717) is 12.6 Å². The number of carbonyl (C=O) groups excluding carboxylic acids is 1. The van der Waals surface area contributed by atoms with Crippen molar-refractivity contribution in [3.63, 3.8) is 0 Å². The van der Waals surface area contributed by atoms with Crippen LogP contribution in [0.1, 0.15) is 43.9 Å². The molecule has 1 aromatic carbocycles. The van der Waals surface area contributed by atoms with Gasteiger partial charge in [-0.25, -0.2) is 0 Å². The van der Waals surface area contributed by atoms with Gasteiger partial charge in [-0.3, -0.25) is 9.69 Å². The Morgan fingerprint density at radius 3 is 2.75 bits per heavy atom. The highest BCUT2D eigenvalue weighted by Crippen LogP contribution is 2.31. The molecule has 1 amide bonds. The molecular formula is C17H26N2O. The fourth-order valence-electron chi connectivity index (χ4n) is 3.12. The number of amides is 1. The Morgan fingerprint density at radius 2 is 2.10 bits per heavy atom. The first-order chi connectivity index (χ1) is 9.65. The second-order valence-corrected chi connectivity index (χ2v) is 5.61. The van der Waals surface area contributed by atoms with Gasteiger partial charge < -0.3 is 4.90 Å². The van der Waals surface area contributed by atoms with Gasteiger partial charge >= 0.3 is 0 Å². The third kappa shape index (κ3) is 3.40. The predicted molar refractivity (Wildman–Crippen MR) is 82.7 cm³/mol. The molecular weight excluding hydrogens is 248 g/mol. The molecule has 110 valence electrons. The Balaban J connectivity index is 2.06. The van der Waals surface area contributed by atoms with Crippen molar-refractivity contribution in [3.8, 4) is 0 Å². The van der Waals surface area contributed by atoms with Gasteiger partial charge in [0.2, 0.25) is 5.91 Å². The van der Waals surface area contributed by atoms with Crippen molar-refractivity contribution in [2.45, 2.75) is 39.7 Å². The van der Waals surface area contributed by atoms with Gasteiger partial charge in [0.05, 0.1) is 6.54 Å². The van der Waals surface area contributed by atoms with Gasteiger partial charge in [0.15, 0.2) is 0 Å². The molecule has 1 fully saturated rings. The van der Waals surface area contributed by atoms with E-state index in [1.807, 2.05) is 18.7 Å². The number of hydrogen-bond donors (Lipinski definition) is 0. The van der Waals surface area contributed by atoms with E-state index in [-0.39, 0.29) is 5.91 Å². The van der Waals surface area contributed by atoms with Crippen LogP contribution in [-0.2, 0) is 4.79 Å². The fraction of sp³-hybridized carbons (Fsp3) is 0.588. The van der Waals surface area contributed by atoms with Crippen LogP contribution in [-0.4, -0.2) is 41.9 Å². The highest BCUT2D eigenvalue weighted by molar-refractivity contribution is 5.78. The molecule has 1 atom stereocenters. The van der Waals surface area contributed by atoms with Crippen molar-refractivity contribution < 1.29 is 4.79 Å². The first-order valence-electron chi connectivity index (χ1n) is 7.74. The van der Waals surface area contributed by atoms with Gasteiger partial charge in [-0.05, 0) is 45.7 Å². The number of hydrogen-bond acceptors (Lipinski definition) is 2. The molecule has 20 heavy (non-hydrogen) atoms. The van der Waals surface area contributed by atoms with Gasteiger partial charge in [-0.15, -0.1) is 0 Å². The molecule has 2 rings (SSSR count). The molecule has 1 unspecified atom stereocenters. The summed E-state index contributed by atoms with van der Waals surface area (Å²) in [4.78, 5) is 16.6. The van der Waals surface area contributed by atoms with Crippen LogP contribution in [0.5, 0.6) is 0 Å². The zero-order chi connectivity index (χ0) is 14.5. The number of nitrogens with zero attached hydrogens (tertiary/aromatic N) is 2. The summed E-state index contributed by atoms with van der Waals surface area (Å²) in [6, 6.07) is 9.11. The molecule has 3 heteroatoms. The third-order valence-electron chi connectivity index (χ3n) is 4.25. The molecule has 1 aliphatic heterocycles. The van der Waals surface area contributed by atoms with E-state index in [4.69, 9.17) is 0 Å². The maximum Gasteiger partial charge on any atom is 0.236 e. The standard InChI is InChI=1S/C17H26N2O/c1-4-18(5-2)17(20)13-19-11-7-10-16(19)15-9-6-8-14(3)12-15/h6,8-9,12,16H,4-5,7,10-11,13H2,1-3H3. The number of aryl methyl sites for hydroxylation is 1. The van der Waals surface area contributed by atoms with Crippen LogP contribution in [0.2, 0.25) is 0 Å². The fourth-order valence-corrected chi connectivity index (χ4v) is 3.12. The van der Waals surface area contributed by atoms with Gasteiger partial charge in [0.1, 0.15) is 0 Å². The normalized spacial score (nSPS) is 19.2. The topological polar surface area (TPSA) is 23.6 Å². The molecule has 1 heterocycles. The van der Waals surface area contributed by atoms with Crippen LogP contribution < -0.4 is 0 Å². The van der Waals surface area contributed by atoms with E-state index < -0.39 is 0 Å². The second-order valence-electron chi connectivity index (χ2n) is 5.61. The monoisotopic (exact) mass is 274 g/mol. The molecule has 0 radical (unpaired) electrons. The molecule has 3 nitrogen and oxygen atoms in total. The van der Waals surface area contributed by atoms with E-state index in [2.05, 4.69) is 36.1 Å². The number of likely N-dealkylation sites (N-methyl/N-ethyl adjacent to an activating group) is 1. The zero-order valence-electron chi connectivity index (χ0n) is 12.9. The van der Waals surface area contributed by atoms with Gasteiger partial charge in [-0.1, -0.05) is 29.8 Å². The van der Waals surface area contributed by atoms with E-state index in [1.165, 1.54) is 17.5 Å². The Bertz CT molecular complexity index is 454. The Labute approximate surface area is 122 Å². The summed E-state index contributed by atoms with van der Waals surface area (Å²) in [6.45, 7) is 9.42. The highest BCUT2D eigenvalue weighted by atomic mass is 16.2. The summed E-state index contributed by atoms with van der Waals surface area (Å²) in [7, 11) is 0. The quantitative estimate of drug-likeness (QED) is 0.824. The lowest BCUT2D eigenvalue weighted by Crippen LogP contribution is -2.40. The van der Waals surface area contributed by atoms with Crippen molar-refractivity contribution in [3.05, 3.63) is 35.4 Å². The van der Waals surface area contributed by atoms with E-state index in [1.54, 1.807) is 0 Å². The Morgan fingerprint density at radius 1 is 1.35 bits per heavy atom. The van der Waals surface area contributed by atoms with E-state index in [9.17, 15) is 4.79 Å². The third-order valence-corrected chi connectivity index (χ3v) is 4.25. The molecule has 1 aromatic rings. The van der Waals surface area contributed by atoms with E-state index in [0.717, 1.165) is 26.1 Å². The number of benzene rings is 1. The zero-order valence-corrected chi connectivity index (χ0v) is 12.9. The molecule has 1 saturated heterocycles. The van der Waals surface area contributed by atoms with Gasteiger partial charge in [0, 0.05) is 19.1 Å². The summed E-state index contributed by atoms with van der Waals surface area (Å²) < 4.78 is 0. The van der Waals surface area contributed by atoms with Crippen LogP contribution in [0.15, 0.2) is 24.3 Å². The summed E-state index contributed by atoms with van der Waals surface area (Å²) in [5, 5.41) is 0. The summed E-state index contributed by atoms with van der Waals surface area (Å²) in [5.74, 6) is 0.259. The van der Waals surface area contributed by atoms with Gasteiger partial charge in [0.25, 0.3) is 0 Å². The summed E-state index contributed by atoms with van der Waals surface area (Å²) >= 11 is 0. The maximum atomic E-state index is 12.3. The van der Waals surface area contributed by atoms with Gasteiger partial charge in [-0.2, -0.15) is 0 Å². The van der Waals surface area contributed by atoms with Crippen molar-refractivity contribution >= 4 is 5.91 Å². The van der Waals surface area contributed by atoms with Crippen molar-refractivity contribution in [2.24, 2.45) is 0 Å². The Kier molecular flexibility index (Phi) is 5.18. The van der Waals surface area contributed by atoms with Crippen molar-refractivity contribution in [2.75, 3.05) is 26.2 Å². The molecule has 0 bridgehead atoms. The molecule has 0 saturated carbocycles. The average molecular weight is 274 g/mol. The predicted octanol–water partition coefficient (Wildman–Crippen LogP) is 3.00. The van der Waals surface area contributed by atoms with Crippen LogP contribution in [0.4, 0.5) is 0 Å². The lowest BCUT2D eigenvalue weighted by atomic mass is 10.0. The molecule has 0 aromatic heterocycles. The van der Waals surface area contributed by atoms with Crippen LogP contribution >= 0.6 is 0 Å². The SMILES string of the molecule is CCN(CC)C(=O)CN1CCCC1c1cccc(C)c1. The minimum absolute atomic E-state index is 0.259. The molecule has 1 aliphatic rings. The lowest BCUT2D eigenvalue weighted by molar-refractivity contribution is -0.132. The van der Waals surface area contributed by atoms with Crippen molar-refractivity contribution in [1.82, 2.24) is 9.80 Å². The number of carbonyl (C=O) groups is 1. The summed E-state index contributed by atoms with van der Waals surface area (Å²) in [6.07, 6.45) is 2.35. The van der Waals surface area contributed by atoms with Crippen LogP contribution in [0.3, 0.4) is 0 Å². The van der Waals surface area contributed by atoms with Crippen LogP contribution in [0.25, 0.3) is 0 Å². The lowest BCUT2D eigenvalue weighted by Gasteiger charge is -2.27. The molecule has 0 aliphatic carbocycles. The first kappa shape index (κ1) is 15.0. The number of rotatable bonds is 5. The second kappa shape index (κ2) is 6.89. The maximum absolute atomic E-state index is 12.3. The Hall–Kier alpha value is -1.35. The largest absolute Gasteiger partial charge is 0.342 e.